The minimum atomic E-state index is -0.737. The molecule has 0 aromatic heterocycles. The molecule has 1 N–H and O–H groups in total. The smallest absolute Gasteiger partial charge is 0.310 e. The van der Waals surface area contributed by atoms with E-state index in [9.17, 15) is 14.3 Å². The third-order valence-corrected chi connectivity index (χ3v) is 4.60. The molecule has 0 bridgehead atoms. The molecule has 0 saturated carbocycles. The average molecular weight is 289 g/mol. The van der Waals surface area contributed by atoms with E-state index in [0.717, 1.165) is 12.8 Å². The molecule has 98 valence electrons. The van der Waals surface area contributed by atoms with E-state index in [-0.39, 0.29) is 16.8 Å². The number of halogens is 1. The van der Waals surface area contributed by atoms with Crippen LogP contribution in [0.2, 0.25) is 5.02 Å². The van der Waals surface area contributed by atoms with E-state index in [1.807, 2.05) is 0 Å². The number of nitro groups is 1. The van der Waals surface area contributed by atoms with Crippen molar-refractivity contribution in [2.45, 2.75) is 18.9 Å². The molecule has 1 aliphatic rings. The van der Waals surface area contributed by atoms with Gasteiger partial charge < -0.3 is 5.32 Å². The number of nitrogens with one attached hydrogen (secondary N) is 1. The normalized spacial score (nSPS) is 23.6. The van der Waals surface area contributed by atoms with Gasteiger partial charge in [0.15, 0.2) is 0 Å². The Labute approximate surface area is 112 Å². The molecular weight excluding hydrogens is 276 g/mol. The number of benzene rings is 1. The topological polar surface area (TPSA) is 72.2 Å². The molecule has 18 heavy (non-hydrogen) atoms. The number of hydrogen-bond acceptors (Lipinski definition) is 4. The lowest BCUT2D eigenvalue weighted by molar-refractivity contribution is -0.383. The number of para-hydroxylation sites is 1. The van der Waals surface area contributed by atoms with Crippen molar-refractivity contribution in [2.24, 2.45) is 0 Å². The van der Waals surface area contributed by atoms with Crippen LogP contribution in [0.3, 0.4) is 0 Å². The number of hydrogen-bond donors (Lipinski definition) is 1. The van der Waals surface area contributed by atoms with Crippen molar-refractivity contribution in [1.29, 1.82) is 0 Å². The van der Waals surface area contributed by atoms with Crippen molar-refractivity contribution in [2.75, 3.05) is 16.8 Å². The summed E-state index contributed by atoms with van der Waals surface area (Å²) in [5.74, 6) is 1.29. The summed E-state index contributed by atoms with van der Waals surface area (Å²) in [7, 11) is -0.737. The maximum Gasteiger partial charge on any atom is 0.310 e. The van der Waals surface area contributed by atoms with Crippen LogP contribution in [0.1, 0.15) is 12.8 Å². The third kappa shape index (κ3) is 3.00. The summed E-state index contributed by atoms with van der Waals surface area (Å²) in [6, 6.07) is 4.95. The first-order valence-electron chi connectivity index (χ1n) is 5.62. The second-order valence-corrected chi connectivity index (χ2v) is 6.26. The largest absolute Gasteiger partial charge is 0.377 e. The molecule has 1 saturated heterocycles. The molecule has 1 aromatic carbocycles. The lowest BCUT2D eigenvalue weighted by Crippen LogP contribution is -2.29. The second kappa shape index (κ2) is 5.67. The molecule has 0 atom stereocenters. The molecule has 1 aromatic rings. The van der Waals surface area contributed by atoms with Gasteiger partial charge in [-0.1, -0.05) is 17.7 Å². The summed E-state index contributed by atoms with van der Waals surface area (Å²) < 4.78 is 11.2. The zero-order valence-corrected chi connectivity index (χ0v) is 11.2. The van der Waals surface area contributed by atoms with E-state index in [2.05, 4.69) is 5.32 Å². The van der Waals surface area contributed by atoms with Crippen LogP contribution in [0.4, 0.5) is 11.4 Å². The molecule has 0 amide bonds. The van der Waals surface area contributed by atoms with Gasteiger partial charge >= 0.3 is 5.69 Å². The van der Waals surface area contributed by atoms with Gasteiger partial charge in [-0.05, 0) is 25.0 Å². The van der Waals surface area contributed by atoms with Crippen LogP contribution in [0, 0.1) is 10.1 Å². The van der Waals surface area contributed by atoms with Crippen LogP contribution in [0.5, 0.6) is 0 Å². The molecule has 0 unspecified atom stereocenters. The summed E-state index contributed by atoms with van der Waals surface area (Å²) >= 11 is 5.83. The Hall–Kier alpha value is -1.14. The van der Waals surface area contributed by atoms with Gasteiger partial charge in [0.05, 0.1) is 4.92 Å². The highest BCUT2D eigenvalue weighted by molar-refractivity contribution is 7.85. The molecule has 7 heteroatoms. The van der Waals surface area contributed by atoms with E-state index >= 15 is 0 Å². The molecule has 1 fully saturated rings. The van der Waals surface area contributed by atoms with Crippen molar-refractivity contribution in [3.8, 4) is 0 Å². The fraction of sp³-hybridized carbons (Fsp3) is 0.455. The molecule has 1 aliphatic heterocycles. The van der Waals surface area contributed by atoms with Crippen LogP contribution in [0.15, 0.2) is 18.2 Å². The number of rotatable bonds is 3. The Morgan fingerprint density at radius 1 is 1.39 bits per heavy atom. The van der Waals surface area contributed by atoms with Crippen LogP contribution < -0.4 is 5.32 Å². The molecule has 0 radical (unpaired) electrons. The van der Waals surface area contributed by atoms with Gasteiger partial charge in [-0.15, -0.1) is 0 Å². The minimum Gasteiger partial charge on any atom is -0.377 e. The standard InChI is InChI=1S/C11H13ClN2O3S/c12-9-2-1-3-10(11(9)14(15)16)13-8-4-6-18(17)7-5-8/h1-3,8,13H,4-7H2. The monoisotopic (exact) mass is 288 g/mol. The van der Waals surface area contributed by atoms with Crippen LogP contribution in [0.25, 0.3) is 0 Å². The van der Waals surface area contributed by atoms with Crippen molar-refractivity contribution in [3.05, 3.63) is 33.3 Å². The van der Waals surface area contributed by atoms with Crippen LogP contribution in [-0.4, -0.2) is 26.7 Å². The number of nitro benzene ring substituents is 1. The number of anilines is 1. The van der Waals surface area contributed by atoms with E-state index in [4.69, 9.17) is 11.6 Å². The molecular formula is C11H13ClN2O3S. The average Bonchev–Trinajstić information content (AvgIpc) is 2.32. The van der Waals surface area contributed by atoms with Crippen molar-refractivity contribution >= 4 is 33.8 Å². The fourth-order valence-electron chi connectivity index (χ4n) is 1.98. The summed E-state index contributed by atoms with van der Waals surface area (Å²) in [5.41, 5.74) is 0.344. The van der Waals surface area contributed by atoms with Crippen molar-refractivity contribution in [3.63, 3.8) is 0 Å². The highest BCUT2D eigenvalue weighted by Gasteiger charge is 2.23. The fourth-order valence-corrected chi connectivity index (χ4v) is 3.52. The predicted molar refractivity (Wildman–Crippen MR) is 72.6 cm³/mol. The van der Waals surface area contributed by atoms with Gasteiger partial charge in [-0.2, -0.15) is 0 Å². The third-order valence-electron chi connectivity index (χ3n) is 2.92. The van der Waals surface area contributed by atoms with Gasteiger partial charge in [0.2, 0.25) is 0 Å². The van der Waals surface area contributed by atoms with Crippen LogP contribution in [-0.2, 0) is 10.8 Å². The SMILES string of the molecule is O=[N+]([O-])c1c(Cl)cccc1NC1CCS(=O)CC1. The highest BCUT2D eigenvalue weighted by Crippen LogP contribution is 2.33. The minimum absolute atomic E-state index is 0.0918. The first kappa shape index (κ1) is 13.3. The molecule has 0 aliphatic carbocycles. The maximum atomic E-state index is 11.2. The number of nitrogens with zero attached hydrogens (tertiary/aromatic N) is 1. The highest BCUT2D eigenvalue weighted by atomic mass is 35.5. The summed E-state index contributed by atoms with van der Waals surface area (Å²) in [6.45, 7) is 0. The maximum absolute atomic E-state index is 11.2. The van der Waals surface area contributed by atoms with Gasteiger partial charge in [0.1, 0.15) is 10.7 Å². The van der Waals surface area contributed by atoms with Gasteiger partial charge in [0, 0.05) is 28.3 Å². The van der Waals surface area contributed by atoms with E-state index in [1.54, 1.807) is 12.1 Å². The van der Waals surface area contributed by atoms with E-state index in [1.165, 1.54) is 6.07 Å². The summed E-state index contributed by atoms with van der Waals surface area (Å²) in [6.07, 6.45) is 1.52. The summed E-state index contributed by atoms with van der Waals surface area (Å²) in [4.78, 5) is 10.5. The second-order valence-electron chi connectivity index (χ2n) is 4.16. The molecule has 5 nitrogen and oxygen atoms in total. The van der Waals surface area contributed by atoms with Gasteiger partial charge in [-0.3, -0.25) is 14.3 Å². The Balaban J connectivity index is 2.16. The van der Waals surface area contributed by atoms with Crippen LogP contribution >= 0.6 is 11.6 Å². The Morgan fingerprint density at radius 2 is 2.06 bits per heavy atom. The van der Waals surface area contributed by atoms with Crippen molar-refractivity contribution < 1.29 is 9.13 Å². The molecule has 0 spiro atoms. The first-order chi connectivity index (χ1) is 8.58. The zero-order chi connectivity index (χ0) is 13.1. The molecule has 2 rings (SSSR count). The Kier molecular flexibility index (Phi) is 4.19. The van der Waals surface area contributed by atoms with Crippen molar-refractivity contribution in [1.82, 2.24) is 0 Å². The van der Waals surface area contributed by atoms with E-state index in [0.29, 0.717) is 17.2 Å². The first-order valence-corrected chi connectivity index (χ1v) is 7.49. The Bertz CT molecular complexity index is 485. The lowest BCUT2D eigenvalue weighted by Gasteiger charge is -2.23. The van der Waals surface area contributed by atoms with Gasteiger partial charge in [0.25, 0.3) is 0 Å². The zero-order valence-electron chi connectivity index (χ0n) is 9.60. The lowest BCUT2D eigenvalue weighted by atomic mass is 10.1. The summed E-state index contributed by atoms with van der Waals surface area (Å²) in [5, 5.41) is 14.2. The molecule has 1 heterocycles. The van der Waals surface area contributed by atoms with Gasteiger partial charge in [-0.25, -0.2) is 0 Å². The quantitative estimate of drug-likeness (QED) is 0.685. The Morgan fingerprint density at radius 3 is 2.67 bits per heavy atom. The van der Waals surface area contributed by atoms with E-state index < -0.39 is 15.7 Å². The predicted octanol–water partition coefficient (Wildman–Crippen LogP) is 2.57.